The van der Waals surface area contributed by atoms with E-state index in [2.05, 4.69) is 29.3 Å². The van der Waals surface area contributed by atoms with Gasteiger partial charge in [-0.05, 0) is 30.2 Å². The van der Waals surface area contributed by atoms with Gasteiger partial charge in [-0.3, -0.25) is 0 Å². The van der Waals surface area contributed by atoms with E-state index >= 15 is 0 Å². The van der Waals surface area contributed by atoms with Crippen molar-refractivity contribution in [1.82, 2.24) is 19.8 Å². The number of nitrogens with zero attached hydrogens (tertiary/aromatic N) is 4. The van der Waals surface area contributed by atoms with Crippen LogP contribution in [0.1, 0.15) is 28.1 Å². The second-order valence-electron chi connectivity index (χ2n) is 6.22. The molecule has 0 saturated carbocycles. The van der Waals surface area contributed by atoms with E-state index in [1.54, 1.807) is 0 Å². The number of benzene rings is 2. The van der Waals surface area contributed by atoms with E-state index < -0.39 is 0 Å². The molecule has 5 rings (SSSR count). The lowest BCUT2D eigenvalue weighted by atomic mass is 10.1. The fourth-order valence-electron chi connectivity index (χ4n) is 3.03. The maximum atomic E-state index is 6.06. The van der Waals surface area contributed by atoms with Gasteiger partial charge >= 0.3 is 0 Å². The van der Waals surface area contributed by atoms with Gasteiger partial charge in [0, 0.05) is 6.42 Å². The summed E-state index contributed by atoms with van der Waals surface area (Å²) < 4.78 is 13.7. The Balaban J connectivity index is 1.45. The molecule has 0 bridgehead atoms. The van der Waals surface area contributed by atoms with Crippen LogP contribution >= 0.6 is 11.3 Å². The average Bonchev–Trinajstić information content (AvgIpc) is 3.25. The summed E-state index contributed by atoms with van der Waals surface area (Å²) in [5, 5.41) is 14.1. The summed E-state index contributed by atoms with van der Waals surface area (Å²) in [6.07, 6.45) is 0.463. The highest BCUT2D eigenvalue weighted by atomic mass is 32.1. The smallest absolute Gasteiger partial charge is 0.234 e. The Bertz CT molecular complexity index is 1090. The van der Waals surface area contributed by atoms with Gasteiger partial charge in [0.2, 0.25) is 4.96 Å². The molecular weight excluding hydrogens is 348 g/mol. The van der Waals surface area contributed by atoms with Crippen molar-refractivity contribution in [1.29, 1.82) is 0 Å². The predicted octanol–water partition coefficient (Wildman–Crippen LogP) is 3.60. The molecule has 7 heteroatoms. The van der Waals surface area contributed by atoms with Crippen LogP contribution in [0.15, 0.2) is 48.5 Å². The van der Waals surface area contributed by atoms with Crippen molar-refractivity contribution in [3.05, 3.63) is 70.5 Å². The van der Waals surface area contributed by atoms with Crippen molar-refractivity contribution >= 4 is 16.3 Å². The monoisotopic (exact) mass is 364 g/mol. The van der Waals surface area contributed by atoms with Crippen molar-refractivity contribution in [2.24, 2.45) is 0 Å². The standard InChI is InChI=1S/C19H16N4O2S/c1-12-6-2-3-7-13(12)10-17-20-21-19-23(17)22-18(26-19)16-11-24-14-8-4-5-9-15(14)25-16/h2-9,16H,10-11H2,1H3/t16-/m0/s1. The maximum absolute atomic E-state index is 6.06. The molecule has 26 heavy (non-hydrogen) atoms. The summed E-state index contributed by atoms with van der Waals surface area (Å²) in [7, 11) is 0. The van der Waals surface area contributed by atoms with Gasteiger partial charge in [-0.2, -0.15) is 9.61 Å². The number of ether oxygens (including phenoxy) is 2. The Morgan fingerprint density at radius 1 is 1.08 bits per heavy atom. The highest BCUT2D eigenvalue weighted by Gasteiger charge is 2.26. The van der Waals surface area contributed by atoms with E-state index in [-0.39, 0.29) is 6.10 Å². The molecule has 1 aliphatic heterocycles. The van der Waals surface area contributed by atoms with Crippen LogP contribution in [0.3, 0.4) is 0 Å². The first kappa shape index (κ1) is 15.3. The lowest BCUT2D eigenvalue weighted by Gasteiger charge is -2.24. The minimum Gasteiger partial charge on any atom is -0.485 e. The molecule has 6 nitrogen and oxygen atoms in total. The Kier molecular flexibility index (Phi) is 3.60. The normalized spacial score (nSPS) is 16.1. The van der Waals surface area contributed by atoms with E-state index in [1.165, 1.54) is 22.5 Å². The summed E-state index contributed by atoms with van der Waals surface area (Å²) >= 11 is 1.49. The minimum absolute atomic E-state index is 0.233. The molecule has 4 aromatic rings. The third kappa shape index (κ3) is 2.61. The largest absolute Gasteiger partial charge is 0.485 e. The Morgan fingerprint density at radius 3 is 2.77 bits per heavy atom. The Labute approximate surface area is 154 Å². The predicted molar refractivity (Wildman–Crippen MR) is 98.0 cm³/mol. The topological polar surface area (TPSA) is 61.5 Å². The Morgan fingerprint density at radius 2 is 1.88 bits per heavy atom. The third-order valence-electron chi connectivity index (χ3n) is 4.46. The zero-order valence-corrected chi connectivity index (χ0v) is 14.9. The molecule has 0 amide bonds. The van der Waals surface area contributed by atoms with Crippen molar-refractivity contribution < 1.29 is 9.47 Å². The van der Waals surface area contributed by atoms with Crippen LogP contribution in [0, 0.1) is 6.92 Å². The quantitative estimate of drug-likeness (QED) is 0.556. The SMILES string of the molecule is Cc1ccccc1Cc1nnc2sc([C@@H]3COc4ccccc4O3)nn12. The average molecular weight is 364 g/mol. The number of aryl methyl sites for hydroxylation is 1. The molecule has 0 unspecified atom stereocenters. The molecule has 3 heterocycles. The van der Waals surface area contributed by atoms with Gasteiger partial charge in [-0.25, -0.2) is 0 Å². The van der Waals surface area contributed by atoms with Crippen LogP contribution < -0.4 is 9.47 Å². The summed E-state index contributed by atoms with van der Waals surface area (Å²) in [6, 6.07) is 16.0. The highest BCUT2D eigenvalue weighted by molar-refractivity contribution is 7.16. The lowest BCUT2D eigenvalue weighted by molar-refractivity contribution is 0.0904. The van der Waals surface area contributed by atoms with E-state index in [9.17, 15) is 0 Å². The summed E-state index contributed by atoms with van der Waals surface area (Å²) in [6.45, 7) is 2.54. The van der Waals surface area contributed by atoms with Gasteiger partial charge < -0.3 is 9.47 Å². The second-order valence-corrected chi connectivity index (χ2v) is 7.21. The number of fused-ring (bicyclic) bond motifs is 2. The van der Waals surface area contributed by atoms with Crippen LogP contribution in [-0.2, 0) is 6.42 Å². The number of hydrogen-bond donors (Lipinski definition) is 0. The van der Waals surface area contributed by atoms with Gasteiger partial charge in [0.25, 0.3) is 0 Å². The number of rotatable bonds is 3. The van der Waals surface area contributed by atoms with Gasteiger partial charge in [0.05, 0.1) is 0 Å². The first-order chi connectivity index (χ1) is 12.8. The first-order valence-corrected chi connectivity index (χ1v) is 9.23. The molecular formula is C19H16N4O2S. The van der Waals surface area contributed by atoms with E-state index in [1.807, 2.05) is 40.9 Å². The number of hydrogen-bond acceptors (Lipinski definition) is 6. The van der Waals surface area contributed by atoms with Gasteiger partial charge in [0.15, 0.2) is 28.4 Å². The maximum Gasteiger partial charge on any atom is 0.234 e. The van der Waals surface area contributed by atoms with Crippen LogP contribution in [0.4, 0.5) is 0 Å². The van der Waals surface area contributed by atoms with E-state index in [0.29, 0.717) is 13.0 Å². The van der Waals surface area contributed by atoms with Crippen LogP contribution in [0.25, 0.3) is 4.96 Å². The molecule has 0 saturated heterocycles. The van der Waals surface area contributed by atoms with Crippen molar-refractivity contribution in [3.8, 4) is 11.5 Å². The Hall–Kier alpha value is -2.93. The van der Waals surface area contributed by atoms with Gasteiger partial charge in [0.1, 0.15) is 6.61 Å². The molecule has 0 radical (unpaired) electrons. The molecule has 130 valence electrons. The fourth-order valence-corrected chi connectivity index (χ4v) is 3.90. The number of para-hydroxylation sites is 2. The zero-order chi connectivity index (χ0) is 17.5. The molecule has 2 aromatic heterocycles. The first-order valence-electron chi connectivity index (χ1n) is 8.42. The zero-order valence-electron chi connectivity index (χ0n) is 14.1. The van der Waals surface area contributed by atoms with Crippen LogP contribution in [0.5, 0.6) is 11.5 Å². The fraction of sp³-hybridized carbons (Fsp3) is 0.211. The lowest BCUT2D eigenvalue weighted by Crippen LogP contribution is -2.21. The second kappa shape index (κ2) is 6.10. The molecule has 0 aliphatic carbocycles. The molecule has 1 atom stereocenters. The van der Waals surface area contributed by atoms with Gasteiger partial charge in [-0.15, -0.1) is 10.2 Å². The van der Waals surface area contributed by atoms with Crippen molar-refractivity contribution in [2.45, 2.75) is 19.4 Å². The van der Waals surface area contributed by atoms with Gasteiger partial charge in [-0.1, -0.05) is 47.7 Å². The molecule has 0 fully saturated rings. The van der Waals surface area contributed by atoms with Crippen LogP contribution in [0.2, 0.25) is 0 Å². The minimum atomic E-state index is -0.233. The van der Waals surface area contributed by atoms with Crippen LogP contribution in [-0.4, -0.2) is 26.4 Å². The van der Waals surface area contributed by atoms with E-state index in [0.717, 1.165) is 27.3 Å². The van der Waals surface area contributed by atoms with Crippen molar-refractivity contribution in [2.75, 3.05) is 6.61 Å². The molecule has 0 N–H and O–H groups in total. The summed E-state index contributed by atoms with van der Waals surface area (Å²) in [4.78, 5) is 0.769. The summed E-state index contributed by atoms with van der Waals surface area (Å²) in [5.74, 6) is 2.34. The van der Waals surface area contributed by atoms with E-state index in [4.69, 9.17) is 14.6 Å². The summed E-state index contributed by atoms with van der Waals surface area (Å²) in [5.41, 5.74) is 2.46. The highest BCUT2D eigenvalue weighted by Crippen LogP contribution is 2.36. The van der Waals surface area contributed by atoms with Crippen molar-refractivity contribution in [3.63, 3.8) is 0 Å². The molecule has 0 spiro atoms. The molecule has 1 aliphatic rings. The third-order valence-corrected chi connectivity index (χ3v) is 5.46. The molecule has 2 aromatic carbocycles. The number of aromatic nitrogens is 4.